The van der Waals surface area contributed by atoms with Crippen molar-refractivity contribution < 1.29 is 14.3 Å². The van der Waals surface area contributed by atoms with E-state index in [2.05, 4.69) is 47.4 Å². The molecule has 5 nitrogen and oxygen atoms in total. The maximum Gasteiger partial charge on any atom is 0.225 e. The number of hydrogen-bond acceptors (Lipinski definition) is 4. The fourth-order valence-electron chi connectivity index (χ4n) is 4.83. The quantitative estimate of drug-likeness (QED) is 0.662. The first-order valence-corrected chi connectivity index (χ1v) is 11.0. The van der Waals surface area contributed by atoms with Crippen LogP contribution in [0.5, 0.6) is 0 Å². The molecule has 2 heterocycles. The Kier molecular flexibility index (Phi) is 6.68. The lowest BCUT2D eigenvalue weighted by Gasteiger charge is -2.55. The summed E-state index contributed by atoms with van der Waals surface area (Å²) in [5.41, 5.74) is 1.46. The van der Waals surface area contributed by atoms with Gasteiger partial charge in [0.05, 0.1) is 25.2 Å². The van der Waals surface area contributed by atoms with Crippen LogP contribution < -0.4 is 0 Å². The molecule has 1 saturated carbocycles. The van der Waals surface area contributed by atoms with Gasteiger partial charge in [0.1, 0.15) is 0 Å². The maximum atomic E-state index is 12.7. The second-order valence-corrected chi connectivity index (χ2v) is 8.77. The molecule has 3 aliphatic rings. The number of carbonyl (C=O) groups excluding carboxylic acids is 1. The lowest BCUT2D eigenvalue weighted by molar-refractivity contribution is -0.161. The first-order valence-electron chi connectivity index (χ1n) is 11.0. The fraction of sp³-hybridized carbons (Fsp3) is 0.625. The van der Waals surface area contributed by atoms with E-state index in [9.17, 15) is 4.79 Å². The van der Waals surface area contributed by atoms with E-state index >= 15 is 0 Å². The van der Waals surface area contributed by atoms with Crippen LogP contribution in [-0.4, -0.2) is 73.3 Å². The van der Waals surface area contributed by atoms with Crippen molar-refractivity contribution in [2.45, 2.75) is 56.3 Å². The predicted octanol–water partition coefficient (Wildman–Crippen LogP) is 3.05. The van der Waals surface area contributed by atoms with Gasteiger partial charge in [0.2, 0.25) is 5.91 Å². The summed E-state index contributed by atoms with van der Waals surface area (Å²) in [7, 11) is 1.81. The first kappa shape index (κ1) is 20.6. The van der Waals surface area contributed by atoms with Crippen LogP contribution in [0.2, 0.25) is 0 Å². The zero-order chi connectivity index (χ0) is 20.1. The molecule has 2 unspecified atom stereocenters. The molecule has 0 radical (unpaired) electrons. The minimum atomic E-state index is -0.0196. The van der Waals surface area contributed by atoms with Crippen LogP contribution in [-0.2, 0) is 20.7 Å². The van der Waals surface area contributed by atoms with Crippen LogP contribution in [0.3, 0.4) is 0 Å². The van der Waals surface area contributed by atoms with Gasteiger partial charge in [0, 0.05) is 38.8 Å². The molecule has 0 bridgehead atoms. The topological polar surface area (TPSA) is 42.0 Å². The normalized spacial score (nSPS) is 25.0. The van der Waals surface area contributed by atoms with Crippen LogP contribution in [0, 0.1) is 0 Å². The summed E-state index contributed by atoms with van der Waals surface area (Å²) in [6.07, 6.45) is 10.4. The summed E-state index contributed by atoms with van der Waals surface area (Å²) in [6.45, 7) is 4.03. The van der Waals surface area contributed by atoms with Crippen LogP contribution in [0.15, 0.2) is 42.5 Å². The minimum absolute atomic E-state index is 0.0196. The van der Waals surface area contributed by atoms with Gasteiger partial charge in [0.15, 0.2) is 0 Å². The largest absolute Gasteiger partial charge is 0.380 e. The van der Waals surface area contributed by atoms with Crippen molar-refractivity contribution in [2.75, 3.05) is 39.9 Å². The Hall–Kier alpha value is -1.69. The molecule has 1 aromatic rings. The SMILES string of the molecule is COC(Cc1ccccc1)CN1CC(CC(=O)N2CC=CCC2)OCC12CCC2. The standard InChI is InChI=1S/C24H34N2O3/c1-28-21(15-20-9-4-2-5-10-20)17-26-18-22(29-19-24(26)11-8-12-24)16-23(27)25-13-6-3-7-14-25/h2-6,9-10,21-22H,7-8,11-19H2,1H3. The second kappa shape index (κ2) is 9.41. The molecular weight excluding hydrogens is 364 g/mol. The van der Waals surface area contributed by atoms with E-state index in [1.807, 2.05) is 12.0 Å². The van der Waals surface area contributed by atoms with Gasteiger partial charge in [-0.3, -0.25) is 9.69 Å². The average molecular weight is 399 g/mol. The summed E-state index contributed by atoms with van der Waals surface area (Å²) >= 11 is 0. The highest BCUT2D eigenvalue weighted by atomic mass is 16.5. The second-order valence-electron chi connectivity index (χ2n) is 8.77. The van der Waals surface area contributed by atoms with Gasteiger partial charge in [-0.15, -0.1) is 0 Å². The number of methoxy groups -OCH3 is 1. The summed E-state index contributed by atoms with van der Waals surface area (Å²) in [5, 5.41) is 0. The zero-order valence-electron chi connectivity index (χ0n) is 17.6. The van der Waals surface area contributed by atoms with Crippen molar-refractivity contribution in [3.05, 3.63) is 48.0 Å². The number of morpholine rings is 1. The zero-order valence-corrected chi connectivity index (χ0v) is 17.6. The minimum Gasteiger partial charge on any atom is -0.380 e. The van der Waals surface area contributed by atoms with Gasteiger partial charge in [-0.2, -0.15) is 0 Å². The average Bonchev–Trinajstić information content (AvgIpc) is 2.73. The van der Waals surface area contributed by atoms with Crippen LogP contribution in [0.1, 0.15) is 37.7 Å². The van der Waals surface area contributed by atoms with E-state index in [1.165, 1.54) is 24.8 Å². The van der Waals surface area contributed by atoms with Gasteiger partial charge in [-0.25, -0.2) is 0 Å². The molecule has 0 N–H and O–H groups in total. The molecule has 0 aromatic heterocycles. The highest BCUT2D eigenvalue weighted by Crippen LogP contribution is 2.41. The number of ether oxygens (including phenoxy) is 2. The van der Waals surface area contributed by atoms with Crippen molar-refractivity contribution in [2.24, 2.45) is 0 Å². The molecule has 1 aliphatic carbocycles. The first-order chi connectivity index (χ1) is 14.2. The number of nitrogens with zero attached hydrogens (tertiary/aromatic N) is 2. The summed E-state index contributed by atoms with van der Waals surface area (Å²) in [5.74, 6) is 0.219. The number of rotatable bonds is 7. The van der Waals surface area contributed by atoms with Gasteiger partial charge < -0.3 is 14.4 Å². The van der Waals surface area contributed by atoms with E-state index in [4.69, 9.17) is 9.47 Å². The van der Waals surface area contributed by atoms with Crippen LogP contribution >= 0.6 is 0 Å². The summed E-state index contributed by atoms with van der Waals surface area (Å²) in [4.78, 5) is 17.2. The smallest absolute Gasteiger partial charge is 0.225 e. The number of hydrogen-bond donors (Lipinski definition) is 0. The van der Waals surface area contributed by atoms with Crippen molar-refractivity contribution >= 4 is 5.91 Å². The molecule has 1 saturated heterocycles. The Morgan fingerprint density at radius 3 is 2.76 bits per heavy atom. The third-order valence-corrected chi connectivity index (χ3v) is 6.84. The van der Waals surface area contributed by atoms with Gasteiger partial charge in [-0.1, -0.05) is 42.5 Å². The third kappa shape index (κ3) is 4.90. The molecule has 29 heavy (non-hydrogen) atoms. The summed E-state index contributed by atoms with van der Waals surface area (Å²) < 4.78 is 12.1. The molecule has 2 aliphatic heterocycles. The lowest BCUT2D eigenvalue weighted by Crippen LogP contribution is -2.64. The third-order valence-electron chi connectivity index (χ3n) is 6.84. The Morgan fingerprint density at radius 1 is 1.28 bits per heavy atom. The molecular formula is C24H34N2O3. The Labute approximate surface area is 174 Å². The van der Waals surface area contributed by atoms with E-state index in [1.54, 1.807) is 0 Å². The van der Waals surface area contributed by atoms with Crippen molar-refractivity contribution in [3.8, 4) is 0 Å². The van der Waals surface area contributed by atoms with Crippen molar-refractivity contribution in [1.82, 2.24) is 9.80 Å². The molecule has 158 valence electrons. The Balaban J connectivity index is 1.37. The number of amides is 1. The van der Waals surface area contributed by atoms with E-state index in [0.717, 1.165) is 45.6 Å². The summed E-state index contributed by atoms with van der Waals surface area (Å²) in [6, 6.07) is 10.6. The molecule has 5 heteroatoms. The maximum absolute atomic E-state index is 12.7. The Bertz CT molecular complexity index is 701. The molecule has 2 atom stereocenters. The van der Waals surface area contributed by atoms with E-state index in [0.29, 0.717) is 6.42 Å². The monoisotopic (exact) mass is 398 g/mol. The molecule has 2 fully saturated rings. The van der Waals surface area contributed by atoms with Gasteiger partial charge in [-0.05, 0) is 37.7 Å². The van der Waals surface area contributed by atoms with Gasteiger partial charge >= 0.3 is 0 Å². The molecule has 1 amide bonds. The number of carbonyl (C=O) groups is 1. The molecule has 4 rings (SSSR count). The highest BCUT2D eigenvalue weighted by Gasteiger charge is 2.47. The van der Waals surface area contributed by atoms with Crippen molar-refractivity contribution in [3.63, 3.8) is 0 Å². The lowest BCUT2D eigenvalue weighted by atomic mass is 9.74. The number of benzene rings is 1. The Morgan fingerprint density at radius 2 is 2.10 bits per heavy atom. The predicted molar refractivity (Wildman–Crippen MR) is 114 cm³/mol. The molecule has 1 spiro atoms. The van der Waals surface area contributed by atoms with Crippen molar-refractivity contribution in [1.29, 1.82) is 0 Å². The highest BCUT2D eigenvalue weighted by molar-refractivity contribution is 5.77. The molecule has 1 aromatic carbocycles. The van der Waals surface area contributed by atoms with Crippen LogP contribution in [0.4, 0.5) is 0 Å². The van der Waals surface area contributed by atoms with E-state index in [-0.39, 0.29) is 23.7 Å². The van der Waals surface area contributed by atoms with E-state index < -0.39 is 0 Å². The fourth-order valence-corrected chi connectivity index (χ4v) is 4.83. The van der Waals surface area contributed by atoms with Crippen LogP contribution in [0.25, 0.3) is 0 Å². The van der Waals surface area contributed by atoms with Gasteiger partial charge in [0.25, 0.3) is 0 Å².